The zero-order valence-electron chi connectivity index (χ0n) is 22.2. The maximum Gasteiger partial charge on any atom is 0.354 e. The first kappa shape index (κ1) is 28.8. The Bertz CT molecular complexity index is 1140. The molecule has 2 heterocycles. The lowest BCUT2D eigenvalue weighted by Gasteiger charge is -2.33. The van der Waals surface area contributed by atoms with Gasteiger partial charge in [0.2, 0.25) is 15.7 Å². The van der Waals surface area contributed by atoms with E-state index in [0.717, 1.165) is 16.9 Å². The molecule has 3 rings (SSSR count). The summed E-state index contributed by atoms with van der Waals surface area (Å²) in [5.41, 5.74) is 1.07. The molecule has 37 heavy (non-hydrogen) atoms. The molecule has 0 radical (unpaired) electrons. The van der Waals surface area contributed by atoms with Crippen molar-refractivity contribution >= 4 is 27.4 Å². The third-order valence-electron chi connectivity index (χ3n) is 5.91. The molecule has 1 unspecified atom stereocenters. The van der Waals surface area contributed by atoms with Crippen molar-refractivity contribution in [3.8, 4) is 0 Å². The highest BCUT2D eigenvalue weighted by molar-refractivity contribution is 7.89. The lowest BCUT2D eigenvalue weighted by atomic mass is 10.0. The van der Waals surface area contributed by atoms with Gasteiger partial charge in [0, 0.05) is 25.8 Å². The molecule has 1 aromatic heterocycles. The summed E-state index contributed by atoms with van der Waals surface area (Å²) in [7, 11) is -4.12. The van der Waals surface area contributed by atoms with Gasteiger partial charge in [-0.2, -0.15) is 4.72 Å². The summed E-state index contributed by atoms with van der Waals surface area (Å²) in [6.07, 6.45) is 3.70. The smallest absolute Gasteiger partial charge is 0.354 e. The first-order valence-electron chi connectivity index (χ1n) is 12.6. The van der Waals surface area contributed by atoms with Gasteiger partial charge in [0.05, 0.1) is 48.5 Å². The number of nitrogens with one attached hydrogen (secondary N) is 2. The Kier molecular flexibility index (Phi) is 9.88. The minimum absolute atomic E-state index is 0.0271. The van der Waals surface area contributed by atoms with Crippen LogP contribution in [0, 0.1) is 5.92 Å². The Morgan fingerprint density at radius 3 is 2.54 bits per heavy atom. The summed E-state index contributed by atoms with van der Waals surface area (Å²) in [4.78, 5) is 19.4. The molecule has 0 aliphatic carbocycles. The lowest BCUT2D eigenvalue weighted by Crippen LogP contribution is -2.58. The number of hydrogen-bond donors (Lipinski definition) is 2. The van der Waals surface area contributed by atoms with Crippen LogP contribution >= 0.6 is 0 Å². The predicted octanol–water partition coefficient (Wildman–Crippen LogP) is 3.50. The zero-order valence-corrected chi connectivity index (χ0v) is 23.0. The molecule has 0 bridgehead atoms. The van der Waals surface area contributed by atoms with Crippen LogP contribution in [0.5, 0.6) is 0 Å². The lowest BCUT2D eigenvalue weighted by molar-refractivity contribution is -0.179. The molecular weight excluding hydrogens is 496 g/mol. The van der Waals surface area contributed by atoms with E-state index in [1.807, 2.05) is 26.8 Å². The van der Waals surface area contributed by atoms with Crippen molar-refractivity contribution in [1.29, 1.82) is 0 Å². The Morgan fingerprint density at radius 1 is 1.16 bits per heavy atom. The second kappa shape index (κ2) is 12.7. The largest absolute Gasteiger partial charge is 0.463 e. The molecule has 204 valence electrons. The molecular formula is C26H38N4O6S. The Labute approximate surface area is 219 Å². The van der Waals surface area contributed by atoms with E-state index in [1.54, 1.807) is 31.5 Å². The van der Waals surface area contributed by atoms with Gasteiger partial charge in [-0.3, -0.25) is 4.98 Å². The second-order valence-electron chi connectivity index (χ2n) is 9.28. The number of carbonyl (C=O) groups is 1. The van der Waals surface area contributed by atoms with Crippen LogP contribution in [0.2, 0.25) is 0 Å². The third kappa shape index (κ3) is 7.19. The molecule has 0 amide bonds. The summed E-state index contributed by atoms with van der Waals surface area (Å²) in [6, 6.07) is 8.55. The number of benzene rings is 1. The van der Waals surface area contributed by atoms with E-state index in [1.165, 1.54) is 12.1 Å². The number of hydrogen-bond acceptors (Lipinski definition) is 9. The van der Waals surface area contributed by atoms with Crippen LogP contribution in [0.4, 0.5) is 11.4 Å². The summed E-state index contributed by atoms with van der Waals surface area (Å²) in [5.74, 6) is -0.834. The van der Waals surface area contributed by atoms with Crippen LogP contribution in [0.3, 0.4) is 0 Å². The summed E-state index contributed by atoms with van der Waals surface area (Å²) in [5, 5.41) is 3.38. The topological polar surface area (TPSA) is 119 Å². The van der Waals surface area contributed by atoms with Gasteiger partial charge in [-0.1, -0.05) is 26.0 Å². The van der Waals surface area contributed by atoms with Crippen molar-refractivity contribution in [3.05, 3.63) is 48.3 Å². The molecule has 0 fully saturated rings. The number of sulfonamides is 1. The van der Waals surface area contributed by atoms with E-state index in [9.17, 15) is 13.2 Å². The normalized spacial score (nSPS) is 16.8. The van der Waals surface area contributed by atoms with Crippen LogP contribution in [0.1, 0.15) is 46.6 Å². The van der Waals surface area contributed by atoms with Crippen LogP contribution in [0.15, 0.2) is 47.6 Å². The highest BCUT2D eigenvalue weighted by Gasteiger charge is 2.45. The average Bonchev–Trinajstić information content (AvgIpc) is 3.16. The highest BCUT2D eigenvalue weighted by Crippen LogP contribution is 2.34. The summed E-state index contributed by atoms with van der Waals surface area (Å²) in [6.45, 7) is 10.7. The van der Waals surface area contributed by atoms with Crippen molar-refractivity contribution in [2.75, 3.05) is 36.6 Å². The number of esters is 1. The predicted molar refractivity (Wildman–Crippen MR) is 142 cm³/mol. The van der Waals surface area contributed by atoms with Crippen molar-refractivity contribution in [2.24, 2.45) is 5.92 Å². The molecule has 1 aliphatic rings. The molecule has 1 aliphatic heterocycles. The monoisotopic (exact) mass is 534 g/mol. The van der Waals surface area contributed by atoms with Crippen molar-refractivity contribution < 1.29 is 27.4 Å². The molecule has 2 N–H and O–H groups in total. The van der Waals surface area contributed by atoms with Gasteiger partial charge in [0.25, 0.3) is 0 Å². The Hall–Kier alpha value is -2.73. The van der Waals surface area contributed by atoms with E-state index in [0.29, 0.717) is 13.2 Å². The van der Waals surface area contributed by atoms with Gasteiger partial charge in [-0.25, -0.2) is 13.2 Å². The zero-order chi connectivity index (χ0) is 27.1. The van der Waals surface area contributed by atoms with Crippen LogP contribution in [-0.2, 0) is 35.6 Å². The molecule has 0 saturated carbocycles. The second-order valence-corrected chi connectivity index (χ2v) is 11.0. The molecule has 1 aromatic carbocycles. The minimum Gasteiger partial charge on any atom is -0.463 e. The molecule has 10 nitrogen and oxygen atoms in total. The molecule has 0 saturated heterocycles. The SMILES string of the molecule is CCOCCO[C@@](CC(C)C)(NS(=O)(=O)c1ccc(CN2c3ccncc3NC2C)cc1)C(=O)OCC. The number of anilines is 2. The fourth-order valence-corrected chi connectivity index (χ4v) is 5.56. The van der Waals surface area contributed by atoms with Gasteiger partial charge in [-0.05, 0) is 50.5 Å². The van der Waals surface area contributed by atoms with E-state index in [-0.39, 0.29) is 43.2 Å². The van der Waals surface area contributed by atoms with E-state index >= 15 is 0 Å². The maximum atomic E-state index is 13.4. The Balaban J connectivity index is 1.81. The number of aromatic nitrogens is 1. The molecule has 2 aromatic rings. The third-order valence-corrected chi connectivity index (χ3v) is 7.40. The van der Waals surface area contributed by atoms with Gasteiger partial charge in [0.15, 0.2) is 0 Å². The van der Waals surface area contributed by atoms with E-state index in [4.69, 9.17) is 14.2 Å². The molecule has 2 atom stereocenters. The standard InChI is InChI=1S/C26H38N4O6S/c1-6-34-14-15-36-26(16-19(3)4,25(31)35-7-2)29-37(32,33)22-10-8-21(9-11-22)18-30-20(5)28-23-17-27-13-12-24(23)30/h8-13,17,19-20,28-29H,6-7,14-16,18H2,1-5H3/t20?,26-/m1/s1. The van der Waals surface area contributed by atoms with Crippen LogP contribution in [-0.4, -0.2) is 57.7 Å². The first-order valence-corrected chi connectivity index (χ1v) is 14.1. The maximum absolute atomic E-state index is 13.4. The Morgan fingerprint density at radius 2 is 1.89 bits per heavy atom. The number of carbonyl (C=O) groups excluding carboxylic acids is 1. The average molecular weight is 535 g/mol. The highest BCUT2D eigenvalue weighted by atomic mass is 32.2. The summed E-state index contributed by atoms with van der Waals surface area (Å²) >= 11 is 0. The van der Waals surface area contributed by atoms with E-state index < -0.39 is 21.7 Å². The van der Waals surface area contributed by atoms with Crippen LogP contribution in [0.25, 0.3) is 0 Å². The number of pyridine rings is 1. The molecule has 0 spiro atoms. The van der Waals surface area contributed by atoms with Crippen molar-refractivity contribution in [2.45, 2.75) is 64.4 Å². The van der Waals surface area contributed by atoms with Gasteiger partial charge >= 0.3 is 5.97 Å². The van der Waals surface area contributed by atoms with E-state index in [2.05, 4.69) is 26.8 Å². The quantitative estimate of drug-likeness (QED) is 0.213. The van der Waals surface area contributed by atoms with Gasteiger partial charge in [0.1, 0.15) is 0 Å². The van der Waals surface area contributed by atoms with Crippen LogP contribution < -0.4 is 14.9 Å². The van der Waals surface area contributed by atoms with Gasteiger partial charge in [-0.15, -0.1) is 0 Å². The van der Waals surface area contributed by atoms with Crippen molar-refractivity contribution in [3.63, 3.8) is 0 Å². The minimum atomic E-state index is -4.12. The fraction of sp³-hybridized carbons (Fsp3) is 0.538. The van der Waals surface area contributed by atoms with Crippen molar-refractivity contribution in [1.82, 2.24) is 9.71 Å². The summed E-state index contributed by atoms with van der Waals surface area (Å²) < 4.78 is 45.8. The number of fused-ring (bicyclic) bond motifs is 1. The van der Waals surface area contributed by atoms with Gasteiger partial charge < -0.3 is 24.4 Å². The molecule has 11 heteroatoms. The first-order chi connectivity index (χ1) is 17.6. The number of ether oxygens (including phenoxy) is 3. The number of rotatable bonds is 14. The fourth-order valence-electron chi connectivity index (χ4n) is 4.28. The number of nitrogens with zero attached hydrogens (tertiary/aromatic N) is 2.